The fourth-order valence-corrected chi connectivity index (χ4v) is 17.9. The molecule has 11 rings (SSSR count). The predicted molar refractivity (Wildman–Crippen MR) is 322 cm³/mol. The molecule has 10 N–H and O–H groups in total. The second-order valence-corrected chi connectivity index (χ2v) is 27.4. The van der Waals surface area contributed by atoms with Crippen LogP contribution < -0.4 is 16.2 Å². The number of nitrogens with one attached hydrogen (secondary N) is 1. The van der Waals surface area contributed by atoms with E-state index in [1.807, 2.05) is 24.3 Å². The van der Waals surface area contributed by atoms with Crippen molar-refractivity contribution in [3.8, 4) is 29.1 Å². The number of aromatic amines is 1. The van der Waals surface area contributed by atoms with Crippen LogP contribution in [0, 0.1) is 46.8 Å². The lowest BCUT2D eigenvalue weighted by Gasteiger charge is -2.45. The van der Waals surface area contributed by atoms with Crippen molar-refractivity contribution in [1.82, 2.24) is 4.98 Å². The number of aromatic hydroxyl groups is 2. The number of ether oxygens (including phenoxy) is 1. The first kappa shape index (κ1) is 57.5. The van der Waals surface area contributed by atoms with Crippen molar-refractivity contribution in [3.05, 3.63) is 159 Å². The van der Waals surface area contributed by atoms with E-state index in [0.717, 1.165) is 111 Å². The molecule has 5 aromatic rings. The molecule has 1 aliphatic heterocycles. The van der Waals surface area contributed by atoms with Gasteiger partial charge >= 0.3 is 0 Å². The second-order valence-electron chi connectivity index (χ2n) is 24.9. The minimum atomic E-state index is -0.811. The highest BCUT2D eigenvalue weighted by Gasteiger charge is 2.48. The topological polar surface area (TPSA) is 212 Å². The Hall–Kier alpha value is -5.30. The van der Waals surface area contributed by atoms with Crippen LogP contribution in [0.3, 0.4) is 0 Å². The van der Waals surface area contributed by atoms with Crippen molar-refractivity contribution in [2.24, 2.45) is 46.5 Å². The van der Waals surface area contributed by atoms with Crippen LogP contribution >= 0.6 is 21.6 Å². The summed E-state index contributed by atoms with van der Waals surface area (Å²) in [6.45, 7) is 0.338. The average Bonchev–Trinajstić information content (AvgIpc) is 4.44. The Balaban J connectivity index is 0.923. The molecular formula is C68H81N3O8S2. The first-order valence-corrected chi connectivity index (χ1v) is 32.4. The Bertz CT molecular complexity index is 3170. The van der Waals surface area contributed by atoms with Gasteiger partial charge in [0.05, 0.1) is 30.9 Å². The van der Waals surface area contributed by atoms with Crippen LogP contribution in [-0.2, 0) is 36.2 Å². The molecule has 11 nitrogen and oxygen atoms in total. The van der Waals surface area contributed by atoms with Crippen LogP contribution in [0.2, 0.25) is 0 Å². The third-order valence-corrected chi connectivity index (χ3v) is 22.2. The fraction of sp³-hybridized carbons (Fsp3) is 0.500. The molecule has 9 unspecified atom stereocenters. The van der Waals surface area contributed by atoms with E-state index in [-0.39, 0.29) is 66.9 Å². The van der Waals surface area contributed by atoms with Crippen molar-refractivity contribution >= 4 is 33.2 Å². The Morgan fingerprint density at radius 2 is 1.63 bits per heavy atom. The van der Waals surface area contributed by atoms with Crippen molar-refractivity contribution in [3.63, 3.8) is 0 Å². The number of benzene rings is 4. The highest BCUT2D eigenvalue weighted by Crippen LogP contribution is 2.54. The number of carbonyl (C=O) groups is 2. The van der Waals surface area contributed by atoms with Crippen molar-refractivity contribution in [2.75, 3.05) is 19.0 Å². The van der Waals surface area contributed by atoms with Gasteiger partial charge in [-0.15, -0.1) is 0 Å². The van der Waals surface area contributed by atoms with E-state index in [4.69, 9.17) is 16.2 Å². The fourth-order valence-electron chi connectivity index (χ4n) is 15.4. The van der Waals surface area contributed by atoms with Crippen LogP contribution in [0.25, 0.3) is 0 Å². The number of carbonyl (C=O) groups excluding carboxylic acids is 2. The quantitative estimate of drug-likeness (QED) is 0.0453. The number of Topliss-reactive ketones (excluding diaryl/α,β-unsaturated/α-hetero) is 1. The molecule has 81 heavy (non-hydrogen) atoms. The minimum Gasteiger partial charge on any atom is -0.508 e. The molecule has 9 atom stereocenters. The monoisotopic (exact) mass is 1130 g/mol. The van der Waals surface area contributed by atoms with E-state index in [2.05, 4.69) is 53.2 Å². The summed E-state index contributed by atoms with van der Waals surface area (Å²) in [6, 6.07) is 25.2. The van der Waals surface area contributed by atoms with Gasteiger partial charge in [-0.3, -0.25) is 9.59 Å². The molecule has 0 saturated heterocycles. The molecule has 0 radical (unpaired) electrons. The number of phenolic OH excluding ortho intramolecular Hbond substituents is 2. The molecule has 5 aliphatic carbocycles. The van der Waals surface area contributed by atoms with Crippen LogP contribution in [0.4, 0.5) is 0 Å². The van der Waals surface area contributed by atoms with Crippen LogP contribution in [0.1, 0.15) is 180 Å². The van der Waals surface area contributed by atoms with E-state index in [1.54, 1.807) is 58.1 Å². The summed E-state index contributed by atoms with van der Waals surface area (Å²) in [5.74, 6) is 8.90. The van der Waals surface area contributed by atoms with Gasteiger partial charge in [0.25, 0.3) is 0 Å². The first-order valence-electron chi connectivity index (χ1n) is 29.9. The van der Waals surface area contributed by atoms with Gasteiger partial charge in [-0.25, -0.2) is 0 Å². The van der Waals surface area contributed by atoms with Gasteiger partial charge in [-0.2, -0.15) is 0 Å². The SMILES string of the molecule is NC(N)c1cc2c3cc1CSSCC1CC(CCC4CC(O)(C5CCCC5)CCCC5CC(CO)c6ccccc6CC54)(C=CC(=O)CCc4ccc(O)c(c4)OCCc4ccc(O)c(c4)C3CC(=O)c3cc[nH]c3CC#C2)CC1O. The molecule has 3 fully saturated rings. The summed E-state index contributed by atoms with van der Waals surface area (Å²) in [6.07, 6.45) is 18.6. The molecule has 8 bridgehead atoms. The molecule has 0 amide bonds. The summed E-state index contributed by atoms with van der Waals surface area (Å²) in [7, 11) is 3.39. The lowest BCUT2D eigenvalue weighted by Crippen LogP contribution is -2.43. The molecule has 3 saturated carbocycles. The molecule has 4 aromatic carbocycles. The Labute approximate surface area is 485 Å². The van der Waals surface area contributed by atoms with Crippen LogP contribution in [-0.4, -0.2) is 72.8 Å². The van der Waals surface area contributed by atoms with Crippen LogP contribution in [0.15, 0.2) is 97.2 Å². The maximum Gasteiger partial charge on any atom is 0.165 e. The number of ketones is 2. The number of rotatable bonds is 6. The first-order chi connectivity index (χ1) is 39.2. The number of aryl methyl sites for hydroxylation is 1. The normalized spacial score (nSPS) is 28.6. The summed E-state index contributed by atoms with van der Waals surface area (Å²) >= 11 is 0. The molecule has 428 valence electrons. The van der Waals surface area contributed by atoms with Crippen molar-refractivity contribution in [1.29, 1.82) is 0 Å². The number of aliphatic hydroxyl groups is 3. The molecule has 6 aliphatic rings. The van der Waals surface area contributed by atoms with Gasteiger partial charge in [0.15, 0.2) is 23.1 Å². The maximum absolute atomic E-state index is 14.4. The highest BCUT2D eigenvalue weighted by molar-refractivity contribution is 8.76. The third kappa shape index (κ3) is 12.9. The lowest BCUT2D eigenvalue weighted by atomic mass is 9.63. The summed E-state index contributed by atoms with van der Waals surface area (Å²) < 4.78 is 6.24. The largest absolute Gasteiger partial charge is 0.508 e. The number of hydrogen-bond donors (Lipinski definition) is 8. The number of fused-ring (bicyclic) bond motifs is 11. The summed E-state index contributed by atoms with van der Waals surface area (Å²) in [5.41, 5.74) is 21.3. The van der Waals surface area contributed by atoms with Crippen molar-refractivity contribution < 1.29 is 39.9 Å². The minimum absolute atomic E-state index is 0.000990. The Morgan fingerprint density at radius 1 is 0.815 bits per heavy atom. The van der Waals surface area contributed by atoms with Gasteiger partial charge in [-0.1, -0.05) is 114 Å². The Morgan fingerprint density at radius 3 is 2.46 bits per heavy atom. The van der Waals surface area contributed by atoms with E-state index in [0.29, 0.717) is 83.8 Å². The molecule has 2 heterocycles. The van der Waals surface area contributed by atoms with E-state index in [1.165, 1.54) is 11.1 Å². The van der Waals surface area contributed by atoms with Gasteiger partial charge in [0.1, 0.15) is 5.75 Å². The van der Waals surface area contributed by atoms with Crippen LogP contribution in [0.5, 0.6) is 17.2 Å². The highest BCUT2D eigenvalue weighted by atomic mass is 33.1. The van der Waals surface area contributed by atoms with Gasteiger partial charge < -0.3 is 46.7 Å². The van der Waals surface area contributed by atoms with E-state index in [9.17, 15) is 35.1 Å². The van der Waals surface area contributed by atoms with Gasteiger partial charge in [0.2, 0.25) is 0 Å². The third-order valence-electron chi connectivity index (χ3n) is 19.8. The number of phenols is 2. The number of allylic oxidation sites excluding steroid dienone is 2. The zero-order valence-corrected chi connectivity index (χ0v) is 48.3. The zero-order chi connectivity index (χ0) is 56.3. The number of H-pyrrole nitrogens is 1. The number of aromatic nitrogens is 1. The molecule has 0 spiro atoms. The van der Waals surface area contributed by atoms with Crippen molar-refractivity contribution in [2.45, 2.75) is 157 Å². The molecule has 1 aromatic heterocycles. The number of nitrogens with two attached hydrogens (primary N) is 2. The maximum atomic E-state index is 14.4. The second kappa shape index (κ2) is 25.3. The number of aliphatic hydroxyl groups excluding tert-OH is 2. The average molecular weight is 1130 g/mol. The van der Waals surface area contributed by atoms with Gasteiger partial charge in [-0.05, 0) is 181 Å². The lowest BCUT2D eigenvalue weighted by molar-refractivity contribution is -0.114. The summed E-state index contributed by atoms with van der Waals surface area (Å²) in [5, 5.41) is 58.6. The molecular weight excluding hydrogens is 1050 g/mol. The van der Waals surface area contributed by atoms with Gasteiger partial charge in [0, 0.05) is 77.8 Å². The number of hydrogen-bond acceptors (Lipinski definition) is 12. The van der Waals surface area contributed by atoms with E-state index < -0.39 is 29.2 Å². The van der Waals surface area contributed by atoms with E-state index >= 15 is 0 Å². The molecule has 13 heteroatoms. The smallest absolute Gasteiger partial charge is 0.165 e. The summed E-state index contributed by atoms with van der Waals surface area (Å²) in [4.78, 5) is 31.7. The predicted octanol–water partition coefficient (Wildman–Crippen LogP) is 11.8. The zero-order valence-electron chi connectivity index (χ0n) is 46.6. The Kier molecular flexibility index (Phi) is 17.9. The standard InChI is InChI=1S/C68H81N3O8S2/c69-66(70)57-33-46-8-5-13-60-54(22-27-71-60)63(76)35-58-56(46)34-49(57)40-80-81-41-50-36-67(38-64(50)77,26-21-52(73)17-14-42-16-19-62(75)65(30-42)79-28-23-43-15-18-61(74)59(58)29-43)25-20-47-37-68(78,51-10-2-3-11-51)24-6-9-44-31-48(39-72)53-12-4-1-7-45(53)32-55(44)47/h1,4,7,12,15-16,18-19,21-22,26-27,29-30,33-34,44,47-48,50-51,55,58,64,66,71-72,74-75,77-78H,2-3,6,9-11,13-14,17,20,23-25,28,31-32,35-41,69-70H2.